The predicted octanol–water partition coefficient (Wildman–Crippen LogP) is 3.66. The Labute approximate surface area is 184 Å². The second-order valence-corrected chi connectivity index (χ2v) is 10.3. The highest BCUT2D eigenvalue weighted by Crippen LogP contribution is 2.61. The molecule has 170 valence electrons. The Hall–Kier alpha value is -2.09. The maximum Gasteiger partial charge on any atom is 0.409 e. The molecule has 1 aromatic rings. The molecule has 0 saturated heterocycles. The van der Waals surface area contributed by atoms with Gasteiger partial charge in [-0.3, -0.25) is 9.59 Å². The quantitative estimate of drug-likeness (QED) is 0.712. The molecule has 0 spiro atoms. The zero-order valence-corrected chi connectivity index (χ0v) is 19.2. The van der Waals surface area contributed by atoms with Gasteiger partial charge in [-0.2, -0.15) is 8.42 Å². The van der Waals surface area contributed by atoms with Crippen molar-refractivity contribution >= 4 is 22.0 Å². The largest absolute Gasteiger partial charge is 0.490 e. The van der Waals surface area contributed by atoms with Crippen molar-refractivity contribution < 1.29 is 26.9 Å². The summed E-state index contributed by atoms with van der Waals surface area (Å²) < 4.78 is 37.0. The number of fused-ring (bicyclic) bond motifs is 5. The van der Waals surface area contributed by atoms with Crippen molar-refractivity contribution in [3.05, 3.63) is 23.3 Å². The molecule has 1 N–H and O–H groups in total. The van der Waals surface area contributed by atoms with E-state index in [9.17, 15) is 18.0 Å². The van der Waals surface area contributed by atoms with E-state index in [0.717, 1.165) is 51.0 Å². The smallest absolute Gasteiger partial charge is 0.409 e. The zero-order valence-electron chi connectivity index (χ0n) is 18.4. The second-order valence-electron chi connectivity index (χ2n) is 9.05. The van der Waals surface area contributed by atoms with Crippen LogP contribution >= 0.6 is 0 Å². The summed E-state index contributed by atoms with van der Waals surface area (Å²) in [4.78, 5) is 23.9. The first-order chi connectivity index (χ1) is 14.7. The van der Waals surface area contributed by atoms with Crippen LogP contribution in [0.4, 0.5) is 0 Å². The standard InChI is InChI=1S/C23H31NO6S/c1-4-23-11-10-16-17(19(23)8-9-22(23)26)7-6-15-12-21(20(29-5-2)13-18(15)16)30-31(27,28)24-14(3)25/h12-13,16-17,19H,4-11H2,1-3H3,(H,24,25). The predicted molar refractivity (Wildman–Crippen MR) is 115 cm³/mol. The highest BCUT2D eigenvalue weighted by molar-refractivity contribution is 7.85. The molecule has 8 heteroatoms. The molecule has 3 aliphatic carbocycles. The third-order valence-corrected chi connectivity index (χ3v) is 8.57. The first kappa shape index (κ1) is 22.1. The van der Waals surface area contributed by atoms with Crippen molar-refractivity contribution in [1.82, 2.24) is 4.72 Å². The number of hydrogen-bond donors (Lipinski definition) is 1. The zero-order chi connectivity index (χ0) is 22.4. The summed E-state index contributed by atoms with van der Waals surface area (Å²) in [6, 6.07) is 3.67. The van der Waals surface area contributed by atoms with Gasteiger partial charge >= 0.3 is 10.3 Å². The number of Topliss-reactive ketones (excluding diaryl/α,β-unsaturated/α-hetero) is 1. The number of benzene rings is 1. The van der Waals surface area contributed by atoms with Gasteiger partial charge in [-0.1, -0.05) is 6.92 Å². The second kappa shape index (κ2) is 8.11. The number of carbonyl (C=O) groups is 2. The summed E-state index contributed by atoms with van der Waals surface area (Å²) in [7, 11) is -4.27. The van der Waals surface area contributed by atoms with Gasteiger partial charge in [0.15, 0.2) is 11.5 Å². The Bertz CT molecular complexity index is 1000. The van der Waals surface area contributed by atoms with Gasteiger partial charge in [-0.15, -0.1) is 0 Å². The Morgan fingerprint density at radius 3 is 2.61 bits per heavy atom. The SMILES string of the molecule is CCOc1cc2c(cc1OS(=O)(=O)NC(C)=O)CCC1C2CCC2(CC)C(=O)CCC12. The molecule has 1 amide bonds. The number of aryl methyl sites for hydroxylation is 1. The average molecular weight is 450 g/mol. The van der Waals surface area contributed by atoms with Crippen LogP contribution in [0, 0.1) is 17.3 Å². The van der Waals surface area contributed by atoms with Crippen LogP contribution in [0.2, 0.25) is 0 Å². The molecule has 4 atom stereocenters. The van der Waals surface area contributed by atoms with E-state index < -0.39 is 16.2 Å². The van der Waals surface area contributed by atoms with Crippen LogP contribution in [0.1, 0.15) is 76.3 Å². The fraction of sp³-hybridized carbons (Fsp3) is 0.652. The van der Waals surface area contributed by atoms with Gasteiger partial charge in [0.2, 0.25) is 5.91 Å². The lowest BCUT2D eigenvalue weighted by Crippen LogP contribution is -2.44. The first-order valence-corrected chi connectivity index (χ1v) is 12.7. The number of carbonyl (C=O) groups excluding carboxylic acids is 2. The van der Waals surface area contributed by atoms with Gasteiger partial charge in [-0.25, -0.2) is 4.72 Å². The highest BCUT2D eigenvalue weighted by atomic mass is 32.2. The van der Waals surface area contributed by atoms with E-state index in [4.69, 9.17) is 8.92 Å². The molecule has 2 fully saturated rings. The van der Waals surface area contributed by atoms with Gasteiger partial charge in [0.1, 0.15) is 5.78 Å². The molecule has 4 rings (SSSR count). The topological polar surface area (TPSA) is 98.8 Å². The minimum Gasteiger partial charge on any atom is -0.490 e. The third-order valence-electron chi connectivity index (χ3n) is 7.63. The molecule has 7 nitrogen and oxygen atoms in total. The third kappa shape index (κ3) is 3.83. The lowest BCUT2D eigenvalue weighted by Gasteiger charge is -2.49. The van der Waals surface area contributed by atoms with Gasteiger partial charge in [0, 0.05) is 18.8 Å². The first-order valence-electron chi connectivity index (χ1n) is 11.3. The van der Waals surface area contributed by atoms with E-state index in [-0.39, 0.29) is 11.2 Å². The summed E-state index contributed by atoms with van der Waals surface area (Å²) in [5, 5.41) is 0. The van der Waals surface area contributed by atoms with Gasteiger partial charge in [-0.05, 0) is 86.5 Å². The number of rotatable bonds is 6. The summed E-state index contributed by atoms with van der Waals surface area (Å²) in [5.74, 6) is 1.45. The monoisotopic (exact) mass is 449 g/mol. The van der Waals surface area contributed by atoms with Crippen molar-refractivity contribution in [3.63, 3.8) is 0 Å². The number of hydrogen-bond acceptors (Lipinski definition) is 6. The summed E-state index contributed by atoms with van der Waals surface area (Å²) >= 11 is 0. The minimum absolute atomic E-state index is 0.0996. The molecule has 1 aromatic carbocycles. The maximum absolute atomic E-state index is 12.8. The van der Waals surface area contributed by atoms with E-state index in [0.29, 0.717) is 42.3 Å². The molecular formula is C23H31NO6S. The van der Waals surface area contributed by atoms with Crippen molar-refractivity contribution in [2.45, 2.75) is 71.6 Å². The van der Waals surface area contributed by atoms with Gasteiger partial charge in [0.05, 0.1) is 6.61 Å². The van der Waals surface area contributed by atoms with E-state index >= 15 is 0 Å². The van der Waals surface area contributed by atoms with Crippen LogP contribution in [0.15, 0.2) is 12.1 Å². The molecule has 0 aromatic heterocycles. The van der Waals surface area contributed by atoms with Crippen LogP contribution in [0.25, 0.3) is 0 Å². The van der Waals surface area contributed by atoms with Crippen molar-refractivity contribution in [3.8, 4) is 11.5 Å². The minimum atomic E-state index is -4.27. The summed E-state index contributed by atoms with van der Waals surface area (Å²) in [5.41, 5.74) is 2.11. The summed E-state index contributed by atoms with van der Waals surface area (Å²) in [6.45, 7) is 5.46. The molecule has 0 aliphatic heterocycles. The highest BCUT2D eigenvalue weighted by Gasteiger charge is 2.56. The van der Waals surface area contributed by atoms with Crippen LogP contribution in [-0.4, -0.2) is 26.7 Å². The molecule has 2 saturated carbocycles. The molecule has 3 aliphatic rings. The van der Waals surface area contributed by atoms with E-state index in [1.807, 2.05) is 17.7 Å². The Morgan fingerprint density at radius 1 is 1.16 bits per heavy atom. The molecule has 0 bridgehead atoms. The average Bonchev–Trinajstić information content (AvgIpc) is 3.04. The van der Waals surface area contributed by atoms with Crippen LogP contribution in [-0.2, 0) is 26.3 Å². The molecule has 0 radical (unpaired) electrons. The van der Waals surface area contributed by atoms with Crippen LogP contribution in [0.3, 0.4) is 0 Å². The lowest BCUT2D eigenvalue weighted by atomic mass is 9.54. The van der Waals surface area contributed by atoms with Crippen molar-refractivity contribution in [2.24, 2.45) is 17.3 Å². The van der Waals surface area contributed by atoms with Crippen LogP contribution in [0.5, 0.6) is 11.5 Å². The number of nitrogens with one attached hydrogen (secondary N) is 1. The maximum atomic E-state index is 12.8. The van der Waals surface area contributed by atoms with E-state index in [2.05, 4.69) is 6.92 Å². The van der Waals surface area contributed by atoms with E-state index in [1.54, 1.807) is 6.07 Å². The number of amides is 1. The van der Waals surface area contributed by atoms with Crippen LogP contribution < -0.4 is 13.6 Å². The van der Waals surface area contributed by atoms with Gasteiger partial charge in [0.25, 0.3) is 0 Å². The Kier molecular flexibility index (Phi) is 5.79. The van der Waals surface area contributed by atoms with Crippen molar-refractivity contribution in [1.29, 1.82) is 0 Å². The normalized spacial score (nSPS) is 29.5. The Morgan fingerprint density at radius 2 is 1.94 bits per heavy atom. The fourth-order valence-corrected chi connectivity index (χ4v) is 7.21. The fourth-order valence-electron chi connectivity index (χ4n) is 6.45. The van der Waals surface area contributed by atoms with Crippen molar-refractivity contribution in [2.75, 3.05) is 6.61 Å². The molecule has 4 unspecified atom stereocenters. The molecular weight excluding hydrogens is 418 g/mol. The number of ketones is 1. The molecule has 31 heavy (non-hydrogen) atoms. The Balaban J connectivity index is 1.68. The van der Waals surface area contributed by atoms with Gasteiger partial charge < -0.3 is 8.92 Å². The van der Waals surface area contributed by atoms with E-state index in [1.165, 1.54) is 5.56 Å². The lowest BCUT2D eigenvalue weighted by molar-refractivity contribution is -0.131. The number of ether oxygens (including phenoxy) is 1. The molecule has 0 heterocycles. The summed E-state index contributed by atoms with van der Waals surface area (Å²) in [6.07, 6.45) is 6.29.